The van der Waals surface area contributed by atoms with E-state index in [0.29, 0.717) is 34.4 Å². The minimum atomic E-state index is -0.00861. The van der Waals surface area contributed by atoms with Crippen molar-refractivity contribution in [1.82, 2.24) is 15.2 Å². The average molecular weight is 372 g/mol. The van der Waals surface area contributed by atoms with Gasteiger partial charge in [-0.15, -0.1) is 0 Å². The maximum Gasteiger partial charge on any atom is 0.254 e. The van der Waals surface area contributed by atoms with Crippen LogP contribution in [0, 0.1) is 18.8 Å². The summed E-state index contributed by atoms with van der Waals surface area (Å²) >= 11 is 6.28. The molecule has 1 aromatic heterocycles. The molecule has 0 spiro atoms. The second-order valence-electron chi connectivity index (χ2n) is 7.52. The highest BCUT2D eigenvalue weighted by Crippen LogP contribution is 2.39. The number of nitrogens with one attached hydrogen (secondary N) is 1. The van der Waals surface area contributed by atoms with Crippen LogP contribution in [0.5, 0.6) is 0 Å². The SMILES string of the molecule is Cc1cc(C(=O)N(C)[C@H]2C[C@H]3CNC(=O)C[C@H]3C2)c2cccc(Cl)c2n1. The van der Waals surface area contributed by atoms with Gasteiger partial charge in [0.15, 0.2) is 0 Å². The second kappa shape index (κ2) is 6.54. The van der Waals surface area contributed by atoms with E-state index in [2.05, 4.69) is 10.3 Å². The number of carbonyl (C=O) groups is 2. The van der Waals surface area contributed by atoms with Crippen LogP contribution in [0.3, 0.4) is 0 Å². The van der Waals surface area contributed by atoms with Crippen molar-refractivity contribution in [2.75, 3.05) is 13.6 Å². The molecule has 1 aliphatic carbocycles. The minimum absolute atomic E-state index is 0.00861. The molecule has 2 aromatic rings. The zero-order chi connectivity index (χ0) is 18.4. The standard InChI is InChI=1S/C20H22ClN3O2/c1-11-6-16(15-4-3-5-17(21)19(15)23-11)20(26)24(2)14-7-12-9-18(25)22-10-13(12)8-14/h3-6,12-14H,7-10H2,1-2H3,(H,22,25)/t12-,13+,14-/m1/s1. The number of aromatic nitrogens is 1. The second-order valence-corrected chi connectivity index (χ2v) is 7.92. The molecule has 136 valence electrons. The lowest BCUT2D eigenvalue weighted by Gasteiger charge is -2.25. The maximum atomic E-state index is 13.3. The van der Waals surface area contributed by atoms with Crippen LogP contribution >= 0.6 is 11.6 Å². The summed E-state index contributed by atoms with van der Waals surface area (Å²) < 4.78 is 0. The Hall–Kier alpha value is -2.14. The number of rotatable bonds is 2. The monoisotopic (exact) mass is 371 g/mol. The first-order chi connectivity index (χ1) is 12.4. The van der Waals surface area contributed by atoms with Crippen molar-refractivity contribution < 1.29 is 9.59 Å². The van der Waals surface area contributed by atoms with Crippen LogP contribution in [-0.2, 0) is 4.79 Å². The molecule has 1 saturated heterocycles. The van der Waals surface area contributed by atoms with E-state index in [9.17, 15) is 9.59 Å². The Labute approximate surface area is 157 Å². The summed E-state index contributed by atoms with van der Waals surface area (Å²) in [5.41, 5.74) is 2.08. The number of aryl methyl sites for hydroxylation is 1. The lowest BCUT2D eigenvalue weighted by molar-refractivity contribution is -0.124. The van der Waals surface area contributed by atoms with Crippen LogP contribution in [0.15, 0.2) is 24.3 Å². The van der Waals surface area contributed by atoms with Gasteiger partial charge in [-0.2, -0.15) is 0 Å². The molecule has 2 fully saturated rings. The summed E-state index contributed by atoms with van der Waals surface area (Å²) in [7, 11) is 1.87. The van der Waals surface area contributed by atoms with E-state index in [4.69, 9.17) is 11.6 Å². The number of benzene rings is 1. The van der Waals surface area contributed by atoms with E-state index in [0.717, 1.165) is 30.5 Å². The fourth-order valence-electron chi connectivity index (χ4n) is 4.43. The normalized spacial score (nSPS) is 25.0. The summed E-state index contributed by atoms with van der Waals surface area (Å²) in [5.74, 6) is 0.977. The zero-order valence-corrected chi connectivity index (χ0v) is 15.7. The molecule has 1 N–H and O–H groups in total. The Morgan fingerprint density at radius 2 is 2.08 bits per heavy atom. The Bertz CT molecular complexity index is 898. The summed E-state index contributed by atoms with van der Waals surface area (Å²) in [4.78, 5) is 31.2. The summed E-state index contributed by atoms with van der Waals surface area (Å²) in [5, 5.41) is 4.29. The van der Waals surface area contributed by atoms with Crippen LogP contribution in [0.4, 0.5) is 0 Å². The molecule has 0 unspecified atom stereocenters. The third-order valence-electron chi connectivity index (χ3n) is 5.84. The van der Waals surface area contributed by atoms with Crippen LogP contribution in [0.1, 0.15) is 35.3 Å². The van der Waals surface area contributed by atoms with Crippen LogP contribution < -0.4 is 5.32 Å². The van der Waals surface area contributed by atoms with Crippen molar-refractivity contribution in [2.24, 2.45) is 11.8 Å². The molecule has 2 amide bonds. The molecule has 5 nitrogen and oxygen atoms in total. The number of piperidine rings is 1. The maximum absolute atomic E-state index is 13.3. The molecule has 3 atom stereocenters. The smallest absolute Gasteiger partial charge is 0.254 e. The van der Waals surface area contributed by atoms with Gasteiger partial charge in [-0.25, -0.2) is 0 Å². The fourth-order valence-corrected chi connectivity index (χ4v) is 4.64. The first kappa shape index (κ1) is 17.3. The number of hydrogen-bond donors (Lipinski definition) is 1. The molecule has 1 aliphatic heterocycles. The molecule has 2 aliphatic rings. The van der Waals surface area contributed by atoms with E-state index >= 15 is 0 Å². The summed E-state index contributed by atoms with van der Waals surface area (Å²) in [6.45, 7) is 2.61. The number of hydrogen-bond acceptors (Lipinski definition) is 3. The predicted octanol–water partition coefficient (Wildman–Crippen LogP) is 3.18. The van der Waals surface area contributed by atoms with E-state index in [1.165, 1.54) is 0 Å². The van der Waals surface area contributed by atoms with Gasteiger partial charge in [-0.3, -0.25) is 14.6 Å². The van der Waals surface area contributed by atoms with Gasteiger partial charge in [-0.05, 0) is 43.7 Å². The number of amides is 2. The molecule has 6 heteroatoms. The van der Waals surface area contributed by atoms with Crippen molar-refractivity contribution in [1.29, 1.82) is 0 Å². The molecule has 4 rings (SSSR count). The van der Waals surface area contributed by atoms with Crippen molar-refractivity contribution in [2.45, 2.75) is 32.2 Å². The van der Waals surface area contributed by atoms with Crippen LogP contribution in [0.2, 0.25) is 5.02 Å². The fraction of sp³-hybridized carbons (Fsp3) is 0.450. The van der Waals surface area contributed by atoms with Crippen molar-refractivity contribution in [3.8, 4) is 0 Å². The number of para-hydroxylation sites is 1. The lowest BCUT2D eigenvalue weighted by atomic mass is 9.89. The van der Waals surface area contributed by atoms with Crippen LogP contribution in [-0.4, -0.2) is 41.3 Å². The van der Waals surface area contributed by atoms with Crippen molar-refractivity contribution >= 4 is 34.3 Å². The highest BCUT2D eigenvalue weighted by molar-refractivity contribution is 6.35. The number of pyridine rings is 1. The first-order valence-corrected chi connectivity index (χ1v) is 9.41. The van der Waals surface area contributed by atoms with E-state index < -0.39 is 0 Å². The van der Waals surface area contributed by atoms with Gasteiger partial charge in [0.1, 0.15) is 0 Å². The largest absolute Gasteiger partial charge is 0.356 e. The molecule has 0 bridgehead atoms. The molecule has 2 heterocycles. The molecule has 0 radical (unpaired) electrons. The number of carbonyl (C=O) groups excluding carboxylic acids is 2. The lowest BCUT2D eigenvalue weighted by Crippen LogP contribution is -2.38. The third-order valence-corrected chi connectivity index (χ3v) is 6.15. The Kier molecular flexibility index (Phi) is 4.35. The van der Waals surface area contributed by atoms with Gasteiger partial charge in [-0.1, -0.05) is 23.7 Å². The zero-order valence-electron chi connectivity index (χ0n) is 15.0. The highest BCUT2D eigenvalue weighted by atomic mass is 35.5. The van der Waals surface area contributed by atoms with Crippen molar-refractivity contribution in [3.63, 3.8) is 0 Å². The molecule has 1 aromatic carbocycles. The highest BCUT2D eigenvalue weighted by Gasteiger charge is 2.40. The Morgan fingerprint density at radius 1 is 1.31 bits per heavy atom. The average Bonchev–Trinajstić information content (AvgIpc) is 3.03. The molecular weight excluding hydrogens is 350 g/mol. The van der Waals surface area contributed by atoms with E-state index in [1.54, 1.807) is 6.07 Å². The first-order valence-electron chi connectivity index (χ1n) is 9.03. The Morgan fingerprint density at radius 3 is 2.88 bits per heavy atom. The number of halogens is 1. The third kappa shape index (κ3) is 2.94. The van der Waals surface area contributed by atoms with Gasteiger partial charge in [0.2, 0.25) is 5.91 Å². The predicted molar refractivity (Wildman–Crippen MR) is 101 cm³/mol. The minimum Gasteiger partial charge on any atom is -0.356 e. The van der Waals surface area contributed by atoms with Gasteiger partial charge < -0.3 is 10.2 Å². The number of nitrogens with zero attached hydrogens (tertiary/aromatic N) is 2. The van der Waals surface area contributed by atoms with Gasteiger partial charge >= 0.3 is 0 Å². The molecular formula is C20H22ClN3O2. The van der Waals surface area contributed by atoms with Gasteiger partial charge in [0, 0.05) is 37.1 Å². The summed E-state index contributed by atoms with van der Waals surface area (Å²) in [6, 6.07) is 7.53. The number of fused-ring (bicyclic) bond motifs is 2. The van der Waals surface area contributed by atoms with Crippen molar-refractivity contribution in [3.05, 3.63) is 40.5 Å². The Balaban J connectivity index is 1.63. The van der Waals surface area contributed by atoms with Crippen LogP contribution in [0.25, 0.3) is 10.9 Å². The molecule has 1 saturated carbocycles. The van der Waals surface area contributed by atoms with E-state index in [-0.39, 0.29) is 17.9 Å². The summed E-state index contributed by atoms with van der Waals surface area (Å²) in [6.07, 6.45) is 2.41. The van der Waals surface area contributed by atoms with Gasteiger partial charge in [0.05, 0.1) is 16.1 Å². The molecule has 26 heavy (non-hydrogen) atoms. The quantitative estimate of drug-likeness (QED) is 0.881. The van der Waals surface area contributed by atoms with Gasteiger partial charge in [0.25, 0.3) is 5.91 Å². The topological polar surface area (TPSA) is 62.3 Å². The van der Waals surface area contributed by atoms with E-state index in [1.807, 2.05) is 37.1 Å².